The third kappa shape index (κ3) is 10.4. The average molecular weight is 609 g/mol. The van der Waals surface area contributed by atoms with Gasteiger partial charge in [-0.15, -0.1) is 0 Å². The van der Waals surface area contributed by atoms with Gasteiger partial charge in [0.25, 0.3) is 0 Å². The van der Waals surface area contributed by atoms with E-state index in [2.05, 4.69) is 6.58 Å². The van der Waals surface area contributed by atoms with Crippen LogP contribution >= 0.6 is 0 Å². The predicted molar refractivity (Wildman–Crippen MR) is 171 cm³/mol. The zero-order valence-electron chi connectivity index (χ0n) is 25.2. The molecule has 0 aliphatic heterocycles. The molecule has 4 rings (SSSR count). The number of carbonyl (C=O) groups is 3. The number of unbranched alkanes of at least 4 members (excludes halogenated alkanes) is 3. The molecule has 0 saturated carbocycles. The van der Waals surface area contributed by atoms with E-state index in [0.29, 0.717) is 53.9 Å². The summed E-state index contributed by atoms with van der Waals surface area (Å²) in [6.07, 6.45) is 4.73. The second kappa shape index (κ2) is 17.1. The molecule has 0 amide bonds. The molecule has 0 aliphatic rings. The maximum Gasteiger partial charge on any atom is 0.343 e. The molecule has 0 aromatic heterocycles. The molecule has 0 aliphatic carbocycles. The maximum atomic E-state index is 12.7. The van der Waals surface area contributed by atoms with Crippen LogP contribution in [0.2, 0.25) is 0 Å². The first-order valence-electron chi connectivity index (χ1n) is 14.8. The van der Waals surface area contributed by atoms with E-state index in [1.54, 1.807) is 72.8 Å². The summed E-state index contributed by atoms with van der Waals surface area (Å²) in [5.41, 5.74) is 2.67. The molecule has 0 bridgehead atoms. The highest BCUT2D eigenvalue weighted by Crippen LogP contribution is 2.26. The van der Waals surface area contributed by atoms with Gasteiger partial charge in [0, 0.05) is 6.08 Å². The predicted octanol–water partition coefficient (Wildman–Crippen LogP) is 7.86. The Balaban J connectivity index is 1.20. The molecule has 0 heterocycles. The molecule has 232 valence electrons. The van der Waals surface area contributed by atoms with E-state index in [1.807, 2.05) is 31.2 Å². The minimum atomic E-state index is -0.467. The fourth-order valence-corrected chi connectivity index (χ4v) is 4.28. The summed E-state index contributed by atoms with van der Waals surface area (Å²) in [6, 6.07) is 28.0. The number of hydrogen-bond donors (Lipinski definition) is 0. The standard InChI is InChI=1S/C37H36O8/c1-3-35(38)43-26-8-6-5-7-25-42-32-19-15-30(16-20-32)37(40)45-34-23-11-28(12-24-34)27-9-21-33(22-10-27)44-36(39)29-13-17-31(18-14-29)41-4-2/h3,9-24H,1,4-8,25-26H2,2H3. The van der Waals surface area contributed by atoms with Crippen LogP contribution in [0.15, 0.2) is 110 Å². The molecule has 8 heteroatoms. The van der Waals surface area contributed by atoms with Gasteiger partial charge >= 0.3 is 17.9 Å². The number of ether oxygens (including phenoxy) is 5. The lowest BCUT2D eigenvalue weighted by Crippen LogP contribution is -2.08. The first-order chi connectivity index (χ1) is 21.9. The van der Waals surface area contributed by atoms with Crippen molar-refractivity contribution in [2.45, 2.75) is 32.6 Å². The molecule has 0 radical (unpaired) electrons. The molecule has 0 spiro atoms. The van der Waals surface area contributed by atoms with Gasteiger partial charge in [-0.05, 0) is 117 Å². The SMILES string of the molecule is C=CC(=O)OCCCCCCOc1ccc(C(=O)Oc2ccc(-c3ccc(OC(=O)c4ccc(OCC)cc4)cc3)cc2)cc1. The third-order valence-corrected chi connectivity index (χ3v) is 6.67. The Hall–Kier alpha value is -5.37. The zero-order chi connectivity index (χ0) is 31.9. The van der Waals surface area contributed by atoms with E-state index >= 15 is 0 Å². The van der Waals surface area contributed by atoms with Gasteiger partial charge in [-0.3, -0.25) is 0 Å². The van der Waals surface area contributed by atoms with Crippen molar-refractivity contribution in [2.24, 2.45) is 0 Å². The number of rotatable bonds is 16. The van der Waals surface area contributed by atoms with Crippen LogP contribution in [-0.4, -0.2) is 37.7 Å². The van der Waals surface area contributed by atoms with Crippen molar-refractivity contribution in [2.75, 3.05) is 19.8 Å². The average Bonchev–Trinajstić information content (AvgIpc) is 3.07. The van der Waals surface area contributed by atoms with Crippen LogP contribution in [0.25, 0.3) is 11.1 Å². The number of carbonyl (C=O) groups excluding carboxylic acids is 3. The Morgan fingerprint density at radius 2 is 0.978 bits per heavy atom. The van der Waals surface area contributed by atoms with Crippen molar-refractivity contribution in [1.29, 1.82) is 0 Å². The van der Waals surface area contributed by atoms with E-state index in [0.717, 1.165) is 42.9 Å². The molecular formula is C37H36O8. The lowest BCUT2D eigenvalue weighted by atomic mass is 10.1. The van der Waals surface area contributed by atoms with Gasteiger partial charge in [0.05, 0.1) is 30.9 Å². The van der Waals surface area contributed by atoms with Crippen LogP contribution < -0.4 is 18.9 Å². The molecule has 0 atom stereocenters. The molecule has 0 fully saturated rings. The fourth-order valence-electron chi connectivity index (χ4n) is 4.28. The Morgan fingerprint density at radius 1 is 0.556 bits per heavy atom. The molecular weight excluding hydrogens is 572 g/mol. The van der Waals surface area contributed by atoms with Crippen LogP contribution in [0.3, 0.4) is 0 Å². The zero-order valence-corrected chi connectivity index (χ0v) is 25.2. The molecule has 0 N–H and O–H groups in total. The highest BCUT2D eigenvalue weighted by Gasteiger charge is 2.11. The minimum Gasteiger partial charge on any atom is -0.494 e. The Morgan fingerprint density at radius 3 is 1.42 bits per heavy atom. The lowest BCUT2D eigenvalue weighted by Gasteiger charge is -2.09. The van der Waals surface area contributed by atoms with E-state index in [9.17, 15) is 14.4 Å². The second-order valence-corrected chi connectivity index (χ2v) is 9.94. The van der Waals surface area contributed by atoms with Gasteiger partial charge in [0.1, 0.15) is 23.0 Å². The number of esters is 3. The molecule has 0 saturated heterocycles. The summed E-state index contributed by atoms with van der Waals surface area (Å²) in [5.74, 6) is 0.906. The fraction of sp³-hybridized carbons (Fsp3) is 0.216. The highest BCUT2D eigenvalue weighted by atomic mass is 16.5. The summed E-state index contributed by atoms with van der Waals surface area (Å²) >= 11 is 0. The maximum absolute atomic E-state index is 12.7. The van der Waals surface area contributed by atoms with Crippen molar-refractivity contribution in [3.05, 3.63) is 121 Å². The Kier molecular flexibility index (Phi) is 12.3. The third-order valence-electron chi connectivity index (χ3n) is 6.67. The molecule has 8 nitrogen and oxygen atoms in total. The summed E-state index contributed by atoms with van der Waals surface area (Å²) < 4.78 is 27.1. The summed E-state index contributed by atoms with van der Waals surface area (Å²) in [5, 5.41) is 0. The van der Waals surface area contributed by atoms with Gasteiger partial charge in [0.15, 0.2) is 0 Å². The largest absolute Gasteiger partial charge is 0.494 e. The van der Waals surface area contributed by atoms with Gasteiger partial charge < -0.3 is 23.7 Å². The minimum absolute atomic E-state index is 0.397. The quantitative estimate of drug-likeness (QED) is 0.0549. The first kappa shape index (κ1) is 32.5. The van der Waals surface area contributed by atoms with Crippen molar-refractivity contribution in [3.63, 3.8) is 0 Å². The number of hydrogen-bond acceptors (Lipinski definition) is 8. The molecule has 45 heavy (non-hydrogen) atoms. The first-order valence-corrected chi connectivity index (χ1v) is 14.8. The van der Waals surface area contributed by atoms with Crippen LogP contribution in [0.4, 0.5) is 0 Å². The lowest BCUT2D eigenvalue weighted by molar-refractivity contribution is -0.137. The smallest absolute Gasteiger partial charge is 0.343 e. The normalized spacial score (nSPS) is 10.4. The summed E-state index contributed by atoms with van der Waals surface area (Å²) in [6.45, 7) is 6.77. The summed E-state index contributed by atoms with van der Waals surface area (Å²) in [7, 11) is 0. The van der Waals surface area contributed by atoms with Crippen LogP contribution in [0.1, 0.15) is 53.3 Å². The van der Waals surface area contributed by atoms with Crippen LogP contribution in [-0.2, 0) is 9.53 Å². The van der Waals surface area contributed by atoms with Crippen LogP contribution in [0.5, 0.6) is 23.0 Å². The Labute approximate surface area is 263 Å². The van der Waals surface area contributed by atoms with Crippen LogP contribution in [0, 0.1) is 0 Å². The molecule has 4 aromatic rings. The van der Waals surface area contributed by atoms with Crippen molar-refractivity contribution in [3.8, 4) is 34.1 Å². The summed E-state index contributed by atoms with van der Waals surface area (Å²) in [4.78, 5) is 36.1. The molecule has 0 unspecified atom stereocenters. The van der Waals surface area contributed by atoms with Gasteiger partial charge in [0.2, 0.25) is 0 Å². The van der Waals surface area contributed by atoms with E-state index in [-0.39, 0.29) is 0 Å². The van der Waals surface area contributed by atoms with Crippen molar-refractivity contribution < 1.29 is 38.1 Å². The van der Waals surface area contributed by atoms with E-state index in [4.69, 9.17) is 23.7 Å². The monoisotopic (exact) mass is 608 g/mol. The number of benzene rings is 4. The Bertz CT molecular complexity index is 1540. The van der Waals surface area contributed by atoms with Gasteiger partial charge in [-0.1, -0.05) is 30.8 Å². The van der Waals surface area contributed by atoms with Gasteiger partial charge in [-0.25, -0.2) is 14.4 Å². The van der Waals surface area contributed by atoms with Crippen molar-refractivity contribution in [1.82, 2.24) is 0 Å². The van der Waals surface area contributed by atoms with E-state index in [1.165, 1.54) is 0 Å². The second-order valence-electron chi connectivity index (χ2n) is 9.94. The molecule has 4 aromatic carbocycles. The highest BCUT2D eigenvalue weighted by molar-refractivity contribution is 5.92. The van der Waals surface area contributed by atoms with Crippen molar-refractivity contribution >= 4 is 17.9 Å². The van der Waals surface area contributed by atoms with E-state index < -0.39 is 17.9 Å². The van der Waals surface area contributed by atoms with Gasteiger partial charge in [-0.2, -0.15) is 0 Å². The topological polar surface area (TPSA) is 97.4 Å².